The van der Waals surface area contributed by atoms with Crippen molar-refractivity contribution in [3.05, 3.63) is 0 Å². The summed E-state index contributed by atoms with van der Waals surface area (Å²) >= 11 is -1.83. The van der Waals surface area contributed by atoms with Crippen molar-refractivity contribution in [1.29, 1.82) is 0 Å². The molecule has 1 unspecified atom stereocenters. The van der Waals surface area contributed by atoms with Crippen LogP contribution in [0.4, 0.5) is 52.7 Å². The molecule has 2 nitrogen and oxygen atoms in total. The summed E-state index contributed by atoms with van der Waals surface area (Å²) in [6.45, 7) is 0. The summed E-state index contributed by atoms with van der Waals surface area (Å²) in [5.41, 5.74) is 0. The predicted octanol–water partition coefficient (Wildman–Crippen LogP) is 4.17. The van der Waals surface area contributed by atoms with Crippen molar-refractivity contribution < 1.29 is 61.4 Å². The van der Waals surface area contributed by atoms with Gasteiger partial charge in [-0.25, -0.2) is 4.21 Å². The molecule has 134 valence electrons. The van der Waals surface area contributed by atoms with E-state index in [1.165, 1.54) is 0 Å². The summed E-state index contributed by atoms with van der Waals surface area (Å²) in [5.74, 6) is -30.7. The average Bonchev–Trinajstić information content (AvgIpc) is 2.25. The van der Waals surface area contributed by atoms with Gasteiger partial charge in [-0.05, 0) is 11.6 Å². The quantitative estimate of drug-likeness (QED) is 0.413. The van der Waals surface area contributed by atoms with E-state index in [0.29, 0.717) is 0 Å². The lowest BCUT2D eigenvalue weighted by Gasteiger charge is -2.39. The Hall–Kier alpha value is -0.440. The number of rotatable bonds is 6. The van der Waals surface area contributed by atoms with Crippen LogP contribution in [-0.2, 0) is 11.1 Å². The summed E-state index contributed by atoms with van der Waals surface area (Å²) in [5, 5.41) is -13.4. The highest BCUT2D eigenvalue weighted by atomic mass is 35.5. The average molecular weight is 401 g/mol. The van der Waals surface area contributed by atoms with Crippen molar-refractivity contribution in [1.82, 2.24) is 0 Å². The SMILES string of the molecule is O=S(O)C(F)(F)C(F)(F)C(F)(F)C(F)(F)C(F)(F)C(F)(F)Cl. The van der Waals surface area contributed by atoms with E-state index < -0.39 is 45.4 Å². The number of alkyl halides is 13. The lowest BCUT2D eigenvalue weighted by Crippen LogP contribution is -2.70. The van der Waals surface area contributed by atoms with E-state index in [-0.39, 0.29) is 0 Å². The van der Waals surface area contributed by atoms with Crippen LogP contribution < -0.4 is 0 Å². The Bertz CT molecular complexity index is 457. The van der Waals surface area contributed by atoms with Gasteiger partial charge < -0.3 is 4.55 Å². The molecule has 0 bridgehead atoms. The monoisotopic (exact) mass is 400 g/mol. The highest BCUT2D eigenvalue weighted by molar-refractivity contribution is 7.80. The number of halogens is 13. The fourth-order valence-electron chi connectivity index (χ4n) is 0.865. The largest absolute Gasteiger partial charge is 0.413 e. The van der Waals surface area contributed by atoms with Gasteiger partial charge in [-0.3, -0.25) is 0 Å². The lowest BCUT2D eigenvalue weighted by molar-refractivity contribution is -0.407. The second-order valence-corrected chi connectivity index (χ2v) is 5.05. The van der Waals surface area contributed by atoms with Gasteiger partial charge in [0, 0.05) is 0 Å². The molecular formula is C6HClF12O2S. The van der Waals surface area contributed by atoms with E-state index in [1.807, 2.05) is 0 Å². The van der Waals surface area contributed by atoms with Crippen molar-refractivity contribution in [2.45, 2.75) is 34.3 Å². The van der Waals surface area contributed by atoms with E-state index in [9.17, 15) is 56.9 Å². The van der Waals surface area contributed by atoms with Gasteiger partial charge in [-0.2, -0.15) is 52.7 Å². The molecule has 0 fully saturated rings. The van der Waals surface area contributed by atoms with Gasteiger partial charge in [0.1, 0.15) is 0 Å². The minimum atomic E-state index is -7.89. The smallest absolute Gasteiger partial charge is 0.301 e. The minimum absolute atomic E-state index is 3.40. The van der Waals surface area contributed by atoms with Crippen LogP contribution in [0.2, 0.25) is 0 Å². The predicted molar refractivity (Wildman–Crippen MR) is 46.3 cm³/mol. The molecule has 0 aromatic heterocycles. The molecule has 1 atom stereocenters. The van der Waals surface area contributed by atoms with Gasteiger partial charge >= 0.3 is 34.3 Å². The Balaban J connectivity index is 6.29. The van der Waals surface area contributed by atoms with Crippen LogP contribution >= 0.6 is 11.6 Å². The molecule has 0 aromatic rings. The van der Waals surface area contributed by atoms with Gasteiger partial charge in [0.25, 0.3) is 0 Å². The second-order valence-electron chi connectivity index (χ2n) is 3.56. The molecule has 1 N–H and O–H groups in total. The van der Waals surface area contributed by atoms with Crippen LogP contribution in [0.25, 0.3) is 0 Å². The van der Waals surface area contributed by atoms with E-state index >= 15 is 0 Å². The van der Waals surface area contributed by atoms with Gasteiger partial charge in [0.15, 0.2) is 0 Å². The van der Waals surface area contributed by atoms with E-state index in [1.54, 1.807) is 0 Å². The summed E-state index contributed by atoms with van der Waals surface area (Å²) in [7, 11) is 0. The van der Waals surface area contributed by atoms with Crippen LogP contribution in [0.1, 0.15) is 0 Å². The second kappa shape index (κ2) is 5.29. The highest BCUT2D eigenvalue weighted by Crippen LogP contribution is 2.60. The van der Waals surface area contributed by atoms with E-state index in [0.717, 1.165) is 0 Å². The summed E-state index contributed by atoms with van der Waals surface area (Å²) < 4.78 is 168. The van der Waals surface area contributed by atoms with E-state index in [2.05, 4.69) is 11.6 Å². The zero-order valence-corrected chi connectivity index (χ0v) is 10.7. The molecule has 0 aliphatic rings. The zero-order chi connectivity index (χ0) is 18.6. The third kappa shape index (κ3) is 2.64. The normalized spacial score (nSPS) is 17.5. The Labute approximate surface area is 119 Å². The van der Waals surface area contributed by atoms with Gasteiger partial charge in [-0.1, -0.05) is 0 Å². The summed E-state index contributed by atoms with van der Waals surface area (Å²) in [6.07, 6.45) is 0. The van der Waals surface area contributed by atoms with Crippen LogP contribution in [0.5, 0.6) is 0 Å². The van der Waals surface area contributed by atoms with Crippen molar-refractivity contribution in [3.8, 4) is 0 Å². The Morgan fingerprint density at radius 1 is 0.636 bits per heavy atom. The van der Waals surface area contributed by atoms with Gasteiger partial charge in [0.2, 0.25) is 11.1 Å². The fourth-order valence-corrected chi connectivity index (χ4v) is 1.33. The van der Waals surface area contributed by atoms with Crippen molar-refractivity contribution in [2.75, 3.05) is 0 Å². The van der Waals surface area contributed by atoms with Gasteiger partial charge in [0.05, 0.1) is 0 Å². The Kier molecular flexibility index (Phi) is 5.18. The molecule has 0 saturated carbocycles. The third-order valence-corrected chi connectivity index (χ3v) is 3.06. The lowest BCUT2D eigenvalue weighted by atomic mass is 9.98. The van der Waals surface area contributed by atoms with Crippen LogP contribution in [0, 0.1) is 0 Å². The summed E-state index contributed by atoms with van der Waals surface area (Å²) in [6, 6.07) is 0. The number of hydrogen-bond acceptors (Lipinski definition) is 1. The third-order valence-electron chi connectivity index (χ3n) is 2.12. The molecule has 0 rings (SSSR count). The molecule has 0 amide bonds. The molecule has 0 spiro atoms. The Morgan fingerprint density at radius 2 is 0.909 bits per heavy atom. The molecular weight excluding hydrogens is 400 g/mol. The fraction of sp³-hybridized carbons (Fsp3) is 1.00. The first-order chi connectivity index (χ1) is 9.19. The standard InChI is InChI=1S/C6HClF12O2S/c7-5(16,17)3(12,13)1(8,9)2(10,11)4(14,15)6(18,19)22(20)21/h(H,20,21). The topological polar surface area (TPSA) is 37.3 Å². The first kappa shape index (κ1) is 21.6. The maximum atomic E-state index is 12.8. The first-order valence-corrected chi connectivity index (χ1v) is 5.74. The molecule has 0 aliphatic heterocycles. The molecule has 16 heteroatoms. The maximum absolute atomic E-state index is 12.8. The molecule has 0 saturated heterocycles. The van der Waals surface area contributed by atoms with Crippen LogP contribution in [0.15, 0.2) is 0 Å². The molecule has 0 radical (unpaired) electrons. The van der Waals surface area contributed by atoms with Gasteiger partial charge in [-0.15, -0.1) is 0 Å². The van der Waals surface area contributed by atoms with Crippen molar-refractivity contribution in [2.24, 2.45) is 0 Å². The molecule has 0 aromatic carbocycles. The van der Waals surface area contributed by atoms with Crippen molar-refractivity contribution in [3.63, 3.8) is 0 Å². The van der Waals surface area contributed by atoms with E-state index in [4.69, 9.17) is 4.55 Å². The Morgan fingerprint density at radius 3 is 1.14 bits per heavy atom. The summed E-state index contributed by atoms with van der Waals surface area (Å²) in [4.78, 5) is 0. The van der Waals surface area contributed by atoms with Crippen molar-refractivity contribution >= 4 is 22.7 Å². The molecule has 0 aliphatic carbocycles. The maximum Gasteiger partial charge on any atom is 0.413 e. The highest BCUT2D eigenvalue weighted by Gasteiger charge is 2.91. The van der Waals surface area contributed by atoms with Crippen LogP contribution in [-0.4, -0.2) is 43.1 Å². The zero-order valence-electron chi connectivity index (χ0n) is 9.18. The number of hydrogen-bond donors (Lipinski definition) is 1. The minimum Gasteiger partial charge on any atom is -0.301 e. The molecule has 22 heavy (non-hydrogen) atoms. The first-order valence-electron chi connectivity index (χ1n) is 4.26. The molecule has 0 heterocycles. The van der Waals surface area contributed by atoms with Crippen LogP contribution in [0.3, 0.4) is 0 Å².